The molecule has 2 aliphatic heterocycles. The molecule has 2 aromatic rings. The van der Waals surface area contributed by atoms with Gasteiger partial charge in [0.25, 0.3) is 0 Å². The Balaban J connectivity index is 1.41. The summed E-state index contributed by atoms with van der Waals surface area (Å²) in [6.07, 6.45) is 5.19. The summed E-state index contributed by atoms with van der Waals surface area (Å²) in [7, 11) is 0. The van der Waals surface area contributed by atoms with Crippen LogP contribution in [0.5, 0.6) is 0 Å². The van der Waals surface area contributed by atoms with Crippen molar-refractivity contribution in [1.82, 2.24) is 15.0 Å². The number of hydrogen-bond acceptors (Lipinski definition) is 7. The van der Waals surface area contributed by atoms with E-state index in [9.17, 15) is 0 Å². The lowest BCUT2D eigenvalue weighted by Crippen LogP contribution is -2.37. The monoisotopic (exact) mass is 349 g/mol. The van der Waals surface area contributed by atoms with Crippen LogP contribution in [-0.4, -0.2) is 53.6 Å². The maximum atomic E-state index is 5.80. The summed E-state index contributed by atoms with van der Waals surface area (Å²) in [6, 6.07) is 4.01. The summed E-state index contributed by atoms with van der Waals surface area (Å²) in [5, 5.41) is 6.13. The molecule has 0 unspecified atom stereocenters. The molecule has 0 N–H and O–H groups in total. The fourth-order valence-corrected chi connectivity index (χ4v) is 4.02. The third kappa shape index (κ3) is 4.03. The van der Waals surface area contributed by atoms with Gasteiger partial charge in [-0.3, -0.25) is 4.90 Å². The van der Waals surface area contributed by atoms with Gasteiger partial charge in [0.2, 0.25) is 11.7 Å². The van der Waals surface area contributed by atoms with E-state index in [1.165, 1.54) is 0 Å². The molecule has 0 amide bonds. The van der Waals surface area contributed by atoms with E-state index in [-0.39, 0.29) is 0 Å². The van der Waals surface area contributed by atoms with Gasteiger partial charge < -0.3 is 14.0 Å². The van der Waals surface area contributed by atoms with Crippen molar-refractivity contribution in [1.29, 1.82) is 0 Å². The van der Waals surface area contributed by atoms with E-state index in [4.69, 9.17) is 14.0 Å². The van der Waals surface area contributed by atoms with Crippen molar-refractivity contribution in [3.63, 3.8) is 0 Å². The van der Waals surface area contributed by atoms with Gasteiger partial charge in [0, 0.05) is 26.3 Å². The molecule has 0 saturated carbocycles. The van der Waals surface area contributed by atoms with Gasteiger partial charge in [-0.2, -0.15) is 4.98 Å². The van der Waals surface area contributed by atoms with Crippen LogP contribution in [0.3, 0.4) is 0 Å². The van der Waals surface area contributed by atoms with E-state index in [0.717, 1.165) is 56.9 Å². The maximum absolute atomic E-state index is 5.80. The fraction of sp³-hybridized carbons (Fsp3) is 0.647. The Morgan fingerprint density at radius 2 is 1.88 bits per heavy atom. The first-order valence-electron chi connectivity index (χ1n) is 8.69. The number of nitrogens with zero attached hydrogens (tertiary/aromatic N) is 3. The van der Waals surface area contributed by atoms with Crippen LogP contribution in [-0.2, 0) is 16.0 Å². The summed E-state index contributed by atoms with van der Waals surface area (Å²) in [4.78, 5) is 7.93. The van der Waals surface area contributed by atoms with Crippen molar-refractivity contribution < 1.29 is 14.0 Å². The summed E-state index contributed by atoms with van der Waals surface area (Å²) < 4.78 is 17.1. The zero-order valence-corrected chi connectivity index (χ0v) is 14.5. The molecular formula is C17H23N3O3S. The normalized spacial score (nSPS) is 24.2. The molecule has 7 heteroatoms. The highest BCUT2D eigenvalue weighted by Gasteiger charge is 2.25. The first kappa shape index (κ1) is 16.2. The number of ether oxygens (including phenoxy) is 2. The summed E-state index contributed by atoms with van der Waals surface area (Å²) >= 11 is 1.62. The minimum atomic E-state index is 0.311. The van der Waals surface area contributed by atoms with Crippen molar-refractivity contribution in [3.05, 3.63) is 23.4 Å². The molecule has 2 aromatic heterocycles. The number of hydrogen-bond donors (Lipinski definition) is 0. The Hall–Kier alpha value is -1.28. The second-order valence-corrected chi connectivity index (χ2v) is 7.40. The molecule has 4 rings (SSSR count). The highest BCUT2D eigenvalue weighted by Crippen LogP contribution is 2.23. The molecule has 0 spiro atoms. The predicted molar refractivity (Wildman–Crippen MR) is 90.8 cm³/mol. The molecule has 0 radical (unpaired) electrons. The van der Waals surface area contributed by atoms with Crippen molar-refractivity contribution in [2.45, 2.75) is 44.4 Å². The smallest absolute Gasteiger partial charge is 0.241 e. The summed E-state index contributed by atoms with van der Waals surface area (Å²) in [5.41, 5.74) is 0. The van der Waals surface area contributed by atoms with Crippen LogP contribution in [0.2, 0.25) is 0 Å². The van der Waals surface area contributed by atoms with E-state index in [0.29, 0.717) is 30.5 Å². The second-order valence-electron chi connectivity index (χ2n) is 6.45. The predicted octanol–water partition coefficient (Wildman–Crippen LogP) is 2.96. The lowest BCUT2D eigenvalue weighted by Gasteiger charge is -2.26. The largest absolute Gasteiger partial charge is 0.377 e. The molecule has 24 heavy (non-hydrogen) atoms. The van der Waals surface area contributed by atoms with Crippen molar-refractivity contribution in [2.75, 3.05) is 26.3 Å². The van der Waals surface area contributed by atoms with Crippen LogP contribution in [0, 0.1) is 0 Å². The summed E-state index contributed by atoms with van der Waals surface area (Å²) in [5.74, 6) is 1.34. The minimum absolute atomic E-state index is 0.311. The lowest BCUT2D eigenvalue weighted by atomic mass is 10.2. The first-order valence-corrected chi connectivity index (χ1v) is 9.57. The van der Waals surface area contributed by atoms with Crippen LogP contribution >= 0.6 is 11.3 Å². The molecule has 130 valence electrons. The van der Waals surface area contributed by atoms with Crippen molar-refractivity contribution in [2.24, 2.45) is 0 Å². The van der Waals surface area contributed by atoms with E-state index in [2.05, 4.69) is 15.0 Å². The minimum Gasteiger partial charge on any atom is -0.377 e. The van der Waals surface area contributed by atoms with Crippen LogP contribution in [0.1, 0.15) is 31.6 Å². The molecule has 0 aliphatic carbocycles. The Labute approximate surface area is 145 Å². The Morgan fingerprint density at radius 1 is 1.12 bits per heavy atom. The molecule has 2 aliphatic rings. The molecular weight excluding hydrogens is 326 g/mol. The molecule has 2 atom stereocenters. The van der Waals surface area contributed by atoms with Gasteiger partial charge in [0.05, 0.1) is 23.6 Å². The van der Waals surface area contributed by atoms with E-state index in [1.54, 1.807) is 11.3 Å². The van der Waals surface area contributed by atoms with E-state index < -0.39 is 0 Å². The number of thiophene rings is 1. The molecule has 4 heterocycles. The van der Waals surface area contributed by atoms with Crippen molar-refractivity contribution in [3.8, 4) is 10.7 Å². The zero-order chi connectivity index (χ0) is 16.2. The third-order valence-electron chi connectivity index (χ3n) is 4.54. The van der Waals surface area contributed by atoms with E-state index in [1.807, 2.05) is 17.5 Å². The standard InChI is InChI=1S/C17H23N3O3S/c1-4-13(21-7-1)10-20(11-14-5-2-8-22-14)12-16-18-17(19-23-16)15-6-3-9-24-15/h3,6,9,13-14H,1-2,4-5,7-8,10-12H2/t13-,14+. The van der Waals surface area contributed by atoms with Crippen LogP contribution in [0.4, 0.5) is 0 Å². The SMILES string of the molecule is c1csc(-c2noc(CN(C[C@H]3CCCO3)C[C@@H]3CCCO3)n2)c1. The quantitative estimate of drug-likeness (QED) is 0.766. The van der Waals surface area contributed by atoms with Crippen LogP contribution in [0.15, 0.2) is 22.0 Å². The van der Waals surface area contributed by atoms with Gasteiger partial charge in [0.1, 0.15) is 0 Å². The lowest BCUT2D eigenvalue weighted by molar-refractivity contribution is 0.0309. The highest BCUT2D eigenvalue weighted by atomic mass is 32.1. The van der Waals surface area contributed by atoms with Crippen molar-refractivity contribution >= 4 is 11.3 Å². The van der Waals surface area contributed by atoms with Gasteiger partial charge in [-0.05, 0) is 37.1 Å². The molecule has 0 aromatic carbocycles. The Morgan fingerprint density at radius 3 is 2.46 bits per heavy atom. The van der Waals surface area contributed by atoms with Gasteiger partial charge in [-0.25, -0.2) is 0 Å². The van der Waals surface area contributed by atoms with Gasteiger partial charge in [0.15, 0.2) is 0 Å². The van der Waals surface area contributed by atoms with E-state index >= 15 is 0 Å². The zero-order valence-electron chi connectivity index (χ0n) is 13.7. The number of rotatable bonds is 7. The Bertz CT molecular complexity index is 601. The Kier molecular flexibility index (Phi) is 5.22. The molecule has 0 bridgehead atoms. The topological polar surface area (TPSA) is 60.6 Å². The molecule has 2 fully saturated rings. The average Bonchev–Trinajstić information content (AvgIpc) is 3.37. The number of aromatic nitrogens is 2. The highest BCUT2D eigenvalue weighted by molar-refractivity contribution is 7.13. The van der Waals surface area contributed by atoms with Gasteiger partial charge in [-0.1, -0.05) is 11.2 Å². The molecule has 6 nitrogen and oxygen atoms in total. The maximum Gasteiger partial charge on any atom is 0.241 e. The fourth-order valence-electron chi connectivity index (χ4n) is 3.37. The molecule has 2 saturated heterocycles. The van der Waals surface area contributed by atoms with Crippen LogP contribution in [0.25, 0.3) is 10.7 Å². The average molecular weight is 349 g/mol. The first-order chi connectivity index (χ1) is 11.9. The van der Waals surface area contributed by atoms with Gasteiger partial charge >= 0.3 is 0 Å². The van der Waals surface area contributed by atoms with Gasteiger partial charge in [-0.15, -0.1) is 11.3 Å². The third-order valence-corrected chi connectivity index (χ3v) is 5.41. The summed E-state index contributed by atoms with van der Waals surface area (Å²) in [6.45, 7) is 4.20. The second kappa shape index (κ2) is 7.74. The van der Waals surface area contributed by atoms with Crippen LogP contribution < -0.4 is 0 Å².